The number of rotatable bonds is 2. The predicted molar refractivity (Wildman–Crippen MR) is 59.1 cm³/mol. The van der Waals surface area contributed by atoms with Gasteiger partial charge in [0.15, 0.2) is 0 Å². The van der Waals surface area contributed by atoms with Gasteiger partial charge < -0.3 is 15.2 Å². The predicted octanol–water partition coefficient (Wildman–Crippen LogP) is 1.40. The third-order valence-electron chi connectivity index (χ3n) is 2.91. The Morgan fingerprint density at radius 3 is 2.87 bits per heavy atom. The summed E-state index contributed by atoms with van der Waals surface area (Å²) in [6.07, 6.45) is 0.502. The van der Waals surface area contributed by atoms with Gasteiger partial charge in [0.1, 0.15) is 5.75 Å². The summed E-state index contributed by atoms with van der Waals surface area (Å²) in [4.78, 5) is 0. The van der Waals surface area contributed by atoms with Gasteiger partial charge in [-0.3, -0.25) is 0 Å². The van der Waals surface area contributed by atoms with E-state index in [4.69, 9.17) is 4.74 Å². The van der Waals surface area contributed by atoms with Gasteiger partial charge in [0.2, 0.25) is 0 Å². The summed E-state index contributed by atoms with van der Waals surface area (Å²) in [6.45, 7) is 2.91. The summed E-state index contributed by atoms with van der Waals surface area (Å²) in [5.74, 6) is 0.846. The maximum Gasteiger partial charge on any atom is 0.123 e. The molecule has 0 amide bonds. The minimum absolute atomic E-state index is 0.0137. The molecule has 0 aliphatic carbocycles. The van der Waals surface area contributed by atoms with Crippen molar-refractivity contribution in [2.24, 2.45) is 0 Å². The zero-order chi connectivity index (χ0) is 10.8. The summed E-state index contributed by atoms with van der Waals surface area (Å²) < 4.78 is 5.31. The third kappa shape index (κ3) is 1.98. The number of aliphatic hydroxyl groups excluding tert-OH is 1. The average molecular weight is 207 g/mol. The largest absolute Gasteiger partial charge is 0.496 e. The lowest BCUT2D eigenvalue weighted by Gasteiger charge is -2.18. The van der Waals surface area contributed by atoms with Crippen LogP contribution in [0.5, 0.6) is 5.75 Å². The molecule has 0 aromatic heterocycles. The number of ether oxygens (including phenoxy) is 1. The average Bonchev–Trinajstić information content (AvgIpc) is 2.64. The van der Waals surface area contributed by atoms with E-state index in [1.807, 2.05) is 19.1 Å². The first-order chi connectivity index (χ1) is 7.22. The molecule has 0 radical (unpaired) electrons. The van der Waals surface area contributed by atoms with Crippen molar-refractivity contribution < 1.29 is 9.84 Å². The van der Waals surface area contributed by atoms with Crippen LogP contribution in [0.3, 0.4) is 0 Å². The van der Waals surface area contributed by atoms with Crippen LogP contribution in [0.1, 0.15) is 23.6 Å². The summed E-state index contributed by atoms with van der Waals surface area (Å²) in [5.41, 5.74) is 2.24. The van der Waals surface area contributed by atoms with Crippen LogP contribution in [0.15, 0.2) is 18.2 Å². The topological polar surface area (TPSA) is 41.5 Å². The summed E-state index contributed by atoms with van der Waals surface area (Å²) >= 11 is 0. The Bertz CT molecular complexity index is 351. The molecule has 0 spiro atoms. The normalized spacial score (nSPS) is 25.5. The molecule has 0 bridgehead atoms. The van der Waals surface area contributed by atoms with Crippen LogP contribution < -0.4 is 10.1 Å². The number of benzene rings is 1. The minimum Gasteiger partial charge on any atom is -0.496 e. The van der Waals surface area contributed by atoms with Gasteiger partial charge in [-0.25, -0.2) is 0 Å². The fraction of sp³-hybridized carbons (Fsp3) is 0.500. The second kappa shape index (κ2) is 4.21. The van der Waals surface area contributed by atoms with Crippen molar-refractivity contribution in [3.05, 3.63) is 29.3 Å². The molecule has 0 saturated carbocycles. The number of aryl methyl sites for hydroxylation is 1. The number of hydrogen-bond acceptors (Lipinski definition) is 3. The van der Waals surface area contributed by atoms with Crippen molar-refractivity contribution in [1.82, 2.24) is 5.32 Å². The molecule has 2 atom stereocenters. The molecule has 1 aromatic carbocycles. The van der Waals surface area contributed by atoms with Crippen LogP contribution in [0.2, 0.25) is 0 Å². The number of methoxy groups -OCH3 is 1. The maximum atomic E-state index is 9.84. The number of aliphatic hydroxyl groups is 1. The van der Waals surface area contributed by atoms with Gasteiger partial charge in [-0.05, 0) is 26.0 Å². The summed E-state index contributed by atoms with van der Waals surface area (Å²) in [5, 5.41) is 13.1. The van der Waals surface area contributed by atoms with E-state index in [1.165, 1.54) is 5.56 Å². The van der Waals surface area contributed by atoms with Gasteiger partial charge in [0, 0.05) is 5.56 Å². The molecule has 1 heterocycles. The smallest absolute Gasteiger partial charge is 0.123 e. The van der Waals surface area contributed by atoms with Gasteiger partial charge in [-0.1, -0.05) is 17.7 Å². The van der Waals surface area contributed by atoms with Crippen LogP contribution in [0, 0.1) is 6.92 Å². The van der Waals surface area contributed by atoms with E-state index in [9.17, 15) is 5.11 Å². The Labute approximate surface area is 90.1 Å². The fourth-order valence-corrected chi connectivity index (χ4v) is 2.10. The van der Waals surface area contributed by atoms with E-state index >= 15 is 0 Å². The Morgan fingerprint density at radius 2 is 2.27 bits per heavy atom. The lowest BCUT2D eigenvalue weighted by atomic mass is 10.00. The molecule has 2 rings (SSSR count). The fourth-order valence-electron chi connectivity index (χ4n) is 2.10. The van der Waals surface area contributed by atoms with Crippen molar-refractivity contribution in [1.29, 1.82) is 0 Å². The maximum absolute atomic E-state index is 9.84. The number of nitrogens with one attached hydrogen (secondary N) is 1. The first kappa shape index (κ1) is 10.5. The highest BCUT2D eigenvalue weighted by Crippen LogP contribution is 2.31. The van der Waals surface area contributed by atoms with Gasteiger partial charge in [0.25, 0.3) is 0 Å². The van der Waals surface area contributed by atoms with E-state index in [0.717, 1.165) is 24.3 Å². The summed E-state index contributed by atoms with van der Waals surface area (Å²) in [7, 11) is 1.66. The Kier molecular flexibility index (Phi) is 2.93. The molecule has 15 heavy (non-hydrogen) atoms. The van der Waals surface area contributed by atoms with Crippen molar-refractivity contribution >= 4 is 0 Å². The molecule has 3 heteroatoms. The van der Waals surface area contributed by atoms with Crippen LogP contribution in [0.4, 0.5) is 0 Å². The summed E-state index contributed by atoms with van der Waals surface area (Å²) in [6, 6.07) is 6.06. The second-order valence-electron chi connectivity index (χ2n) is 4.03. The molecule has 1 aliphatic heterocycles. The molecule has 3 nitrogen and oxygen atoms in total. The van der Waals surface area contributed by atoms with Crippen molar-refractivity contribution in [3.63, 3.8) is 0 Å². The van der Waals surface area contributed by atoms with Crippen molar-refractivity contribution in [3.8, 4) is 5.75 Å². The molecule has 1 saturated heterocycles. The zero-order valence-electron chi connectivity index (χ0n) is 9.16. The van der Waals surface area contributed by atoms with Gasteiger partial charge in [-0.15, -0.1) is 0 Å². The Balaban J connectivity index is 2.36. The highest BCUT2D eigenvalue weighted by Gasteiger charge is 2.28. The molecular formula is C12H17NO2. The highest BCUT2D eigenvalue weighted by molar-refractivity contribution is 5.40. The third-order valence-corrected chi connectivity index (χ3v) is 2.91. The first-order valence-corrected chi connectivity index (χ1v) is 5.28. The lowest BCUT2D eigenvalue weighted by Crippen LogP contribution is -2.21. The van der Waals surface area contributed by atoms with E-state index in [2.05, 4.69) is 11.4 Å². The SMILES string of the molecule is COc1ccc(C)cc1C1NCCC1O. The molecular weight excluding hydrogens is 190 g/mol. The molecule has 82 valence electrons. The second-order valence-corrected chi connectivity index (χ2v) is 4.03. The standard InChI is InChI=1S/C12H17NO2/c1-8-3-4-11(15-2)9(7-8)12-10(14)5-6-13-12/h3-4,7,10,12-14H,5-6H2,1-2H3. The molecule has 1 aromatic rings. The minimum atomic E-state index is -0.305. The van der Waals surface area contributed by atoms with Gasteiger partial charge in [-0.2, -0.15) is 0 Å². The number of hydrogen-bond donors (Lipinski definition) is 2. The molecule has 1 aliphatic rings. The van der Waals surface area contributed by atoms with E-state index in [1.54, 1.807) is 7.11 Å². The zero-order valence-corrected chi connectivity index (χ0v) is 9.16. The quantitative estimate of drug-likeness (QED) is 0.770. The Hall–Kier alpha value is -1.06. The van der Waals surface area contributed by atoms with Crippen LogP contribution in [-0.4, -0.2) is 24.9 Å². The van der Waals surface area contributed by atoms with E-state index in [-0.39, 0.29) is 12.1 Å². The Morgan fingerprint density at radius 1 is 1.47 bits per heavy atom. The van der Waals surface area contributed by atoms with Crippen LogP contribution in [-0.2, 0) is 0 Å². The van der Waals surface area contributed by atoms with Crippen LogP contribution in [0.25, 0.3) is 0 Å². The molecule has 2 unspecified atom stereocenters. The highest BCUT2D eigenvalue weighted by atomic mass is 16.5. The molecule has 2 N–H and O–H groups in total. The van der Waals surface area contributed by atoms with Gasteiger partial charge in [0.05, 0.1) is 19.3 Å². The van der Waals surface area contributed by atoms with Gasteiger partial charge >= 0.3 is 0 Å². The first-order valence-electron chi connectivity index (χ1n) is 5.28. The van der Waals surface area contributed by atoms with Crippen molar-refractivity contribution in [2.75, 3.05) is 13.7 Å². The monoisotopic (exact) mass is 207 g/mol. The lowest BCUT2D eigenvalue weighted by molar-refractivity contribution is 0.158. The van der Waals surface area contributed by atoms with E-state index < -0.39 is 0 Å². The molecule has 1 fully saturated rings. The van der Waals surface area contributed by atoms with Crippen molar-refractivity contribution in [2.45, 2.75) is 25.5 Å². The van der Waals surface area contributed by atoms with Crippen LogP contribution >= 0.6 is 0 Å². The van der Waals surface area contributed by atoms with E-state index in [0.29, 0.717) is 0 Å².